The van der Waals surface area contributed by atoms with Crippen LogP contribution in [0.4, 0.5) is 10.5 Å². The monoisotopic (exact) mass is 519 g/mol. The molecule has 0 radical (unpaired) electrons. The first-order chi connectivity index (χ1) is 18.3. The van der Waals surface area contributed by atoms with Gasteiger partial charge < -0.3 is 15.5 Å². The summed E-state index contributed by atoms with van der Waals surface area (Å²) in [5, 5.41) is 5.94. The summed E-state index contributed by atoms with van der Waals surface area (Å²) in [5.74, 6) is -0.579. The van der Waals surface area contributed by atoms with Gasteiger partial charge >= 0.3 is 6.03 Å². The van der Waals surface area contributed by atoms with Crippen LogP contribution in [0.2, 0.25) is 0 Å². The van der Waals surface area contributed by atoms with E-state index in [4.69, 9.17) is 0 Å². The molecule has 2 aromatic carbocycles. The zero-order valence-electron chi connectivity index (χ0n) is 22.2. The van der Waals surface area contributed by atoms with E-state index in [0.29, 0.717) is 43.6 Å². The van der Waals surface area contributed by atoms with Gasteiger partial charge in [0.25, 0.3) is 11.8 Å². The fourth-order valence-electron chi connectivity index (χ4n) is 5.13. The second-order valence-corrected chi connectivity index (χ2v) is 10.3. The first-order valence-electron chi connectivity index (χ1n) is 13.4. The van der Waals surface area contributed by atoms with Crippen LogP contribution in [0.25, 0.3) is 0 Å². The van der Waals surface area contributed by atoms with Gasteiger partial charge in [-0.25, -0.2) is 4.79 Å². The number of anilines is 1. The normalized spacial score (nSPS) is 17.4. The van der Waals surface area contributed by atoms with Crippen molar-refractivity contribution in [2.75, 3.05) is 38.0 Å². The minimum absolute atomic E-state index is 0.000286. The van der Waals surface area contributed by atoms with Gasteiger partial charge in [0, 0.05) is 37.4 Å². The summed E-state index contributed by atoms with van der Waals surface area (Å²) in [5.41, 5.74) is 1.67. The maximum atomic E-state index is 13.1. The van der Waals surface area contributed by atoms with E-state index in [9.17, 15) is 19.2 Å². The largest absolute Gasteiger partial charge is 0.336 e. The zero-order valence-corrected chi connectivity index (χ0v) is 22.2. The Bertz CT molecular complexity index is 1120. The molecule has 0 aromatic heterocycles. The Morgan fingerprint density at radius 1 is 0.974 bits per heavy atom. The summed E-state index contributed by atoms with van der Waals surface area (Å²) in [6.07, 6.45) is 3.02. The van der Waals surface area contributed by atoms with Crippen LogP contribution in [-0.2, 0) is 4.79 Å². The van der Waals surface area contributed by atoms with Gasteiger partial charge in [0.1, 0.15) is 0 Å². The molecule has 0 spiro atoms. The van der Waals surface area contributed by atoms with Crippen molar-refractivity contribution in [3.63, 3.8) is 0 Å². The zero-order chi connectivity index (χ0) is 27.1. The van der Waals surface area contributed by atoms with Crippen LogP contribution in [0.3, 0.4) is 0 Å². The number of hydrogen-bond acceptors (Lipinski definition) is 5. The fraction of sp³-hybridized carbons (Fsp3) is 0.448. The molecule has 1 fully saturated rings. The summed E-state index contributed by atoms with van der Waals surface area (Å²) in [6.45, 7) is 6.38. The Morgan fingerprint density at radius 3 is 2.29 bits per heavy atom. The van der Waals surface area contributed by atoms with Gasteiger partial charge in [-0.2, -0.15) is 0 Å². The van der Waals surface area contributed by atoms with Crippen molar-refractivity contribution < 1.29 is 19.2 Å². The average Bonchev–Trinajstić information content (AvgIpc) is 3.13. The maximum absolute atomic E-state index is 13.1. The molecule has 2 aliphatic rings. The minimum atomic E-state index is -0.253. The number of para-hydroxylation sites is 1. The highest BCUT2D eigenvalue weighted by Gasteiger charge is 2.35. The molecule has 2 aromatic rings. The van der Waals surface area contributed by atoms with Gasteiger partial charge in [-0.1, -0.05) is 30.3 Å². The summed E-state index contributed by atoms with van der Waals surface area (Å²) in [7, 11) is 0. The lowest BCUT2D eigenvalue weighted by Gasteiger charge is -2.39. The van der Waals surface area contributed by atoms with Crippen molar-refractivity contribution in [1.29, 1.82) is 0 Å². The number of urea groups is 1. The quantitative estimate of drug-likeness (QED) is 0.369. The van der Waals surface area contributed by atoms with Crippen LogP contribution < -0.4 is 10.6 Å². The molecule has 2 aliphatic heterocycles. The van der Waals surface area contributed by atoms with Crippen LogP contribution >= 0.6 is 0 Å². The molecular formula is C29H37N5O4. The van der Waals surface area contributed by atoms with Crippen molar-refractivity contribution in [1.82, 2.24) is 20.0 Å². The summed E-state index contributed by atoms with van der Waals surface area (Å²) >= 11 is 0. The number of rotatable bonds is 10. The molecule has 0 bridgehead atoms. The predicted molar refractivity (Wildman–Crippen MR) is 146 cm³/mol. The molecule has 0 aliphatic carbocycles. The molecule has 5 amide bonds. The van der Waals surface area contributed by atoms with Gasteiger partial charge in [-0.15, -0.1) is 0 Å². The number of carbonyl (C=O) groups is 4. The third-order valence-electron chi connectivity index (χ3n) is 6.93. The molecule has 2 heterocycles. The van der Waals surface area contributed by atoms with Gasteiger partial charge in [0.2, 0.25) is 5.91 Å². The van der Waals surface area contributed by atoms with Crippen LogP contribution in [0.15, 0.2) is 54.6 Å². The second-order valence-electron chi connectivity index (χ2n) is 10.3. The van der Waals surface area contributed by atoms with Crippen LogP contribution in [0.5, 0.6) is 0 Å². The lowest BCUT2D eigenvalue weighted by atomic mass is 10.0. The van der Waals surface area contributed by atoms with Crippen molar-refractivity contribution in [2.45, 2.75) is 51.6 Å². The SMILES string of the molecule is CC(C)NC(=O)N(CCCCN1C(=O)c2ccccc2C1=O)[C@@H]1CCCN(CC(=O)Nc2ccccc2)C1. The highest BCUT2D eigenvalue weighted by atomic mass is 16.2. The molecule has 4 rings (SSSR count). The highest BCUT2D eigenvalue weighted by molar-refractivity contribution is 6.21. The smallest absolute Gasteiger partial charge is 0.317 e. The van der Waals surface area contributed by atoms with E-state index in [-0.39, 0.29) is 42.4 Å². The molecular weight excluding hydrogens is 482 g/mol. The third kappa shape index (κ3) is 6.77. The number of benzene rings is 2. The van der Waals surface area contributed by atoms with Crippen LogP contribution in [0.1, 0.15) is 60.2 Å². The van der Waals surface area contributed by atoms with Gasteiger partial charge in [0.05, 0.1) is 17.7 Å². The summed E-state index contributed by atoms with van der Waals surface area (Å²) in [6, 6.07) is 16.1. The Hall–Kier alpha value is -3.72. The van der Waals surface area contributed by atoms with Gasteiger partial charge in [0.15, 0.2) is 0 Å². The second kappa shape index (κ2) is 12.7. The predicted octanol–water partition coefficient (Wildman–Crippen LogP) is 3.59. The van der Waals surface area contributed by atoms with E-state index in [1.807, 2.05) is 49.1 Å². The number of imide groups is 1. The first kappa shape index (κ1) is 27.3. The van der Waals surface area contributed by atoms with E-state index in [1.54, 1.807) is 24.3 Å². The van der Waals surface area contributed by atoms with Crippen LogP contribution in [0, 0.1) is 0 Å². The fourth-order valence-corrected chi connectivity index (χ4v) is 5.13. The average molecular weight is 520 g/mol. The van der Waals surface area contributed by atoms with E-state index in [0.717, 1.165) is 25.1 Å². The van der Waals surface area contributed by atoms with Crippen molar-refractivity contribution in [3.05, 3.63) is 65.7 Å². The van der Waals surface area contributed by atoms with E-state index >= 15 is 0 Å². The number of piperidine rings is 1. The molecule has 38 heavy (non-hydrogen) atoms. The number of nitrogens with one attached hydrogen (secondary N) is 2. The molecule has 1 saturated heterocycles. The number of amides is 5. The number of unbranched alkanes of at least 4 members (excludes halogenated alkanes) is 1. The lowest BCUT2D eigenvalue weighted by molar-refractivity contribution is -0.117. The Balaban J connectivity index is 1.32. The summed E-state index contributed by atoms with van der Waals surface area (Å²) in [4.78, 5) is 56.3. The summed E-state index contributed by atoms with van der Waals surface area (Å²) < 4.78 is 0. The molecule has 0 saturated carbocycles. The molecule has 9 nitrogen and oxygen atoms in total. The molecule has 2 N–H and O–H groups in total. The van der Waals surface area contributed by atoms with E-state index < -0.39 is 0 Å². The molecule has 0 unspecified atom stereocenters. The number of nitrogens with zero attached hydrogens (tertiary/aromatic N) is 3. The van der Waals surface area contributed by atoms with E-state index in [1.165, 1.54) is 4.90 Å². The highest BCUT2D eigenvalue weighted by Crippen LogP contribution is 2.23. The first-order valence-corrected chi connectivity index (χ1v) is 13.4. The number of hydrogen-bond donors (Lipinski definition) is 2. The van der Waals surface area contributed by atoms with Crippen molar-refractivity contribution >= 4 is 29.4 Å². The molecule has 202 valence electrons. The van der Waals surface area contributed by atoms with Crippen molar-refractivity contribution in [3.8, 4) is 0 Å². The maximum Gasteiger partial charge on any atom is 0.317 e. The standard InChI is InChI=1S/C29H37N5O4/c1-21(2)30-29(38)33(17-8-9-18-34-27(36)24-14-6-7-15-25(24)28(34)37)23-13-10-16-32(19-23)20-26(35)31-22-11-4-3-5-12-22/h3-7,11-12,14-15,21,23H,8-10,13,16-20H2,1-2H3,(H,30,38)(H,31,35)/t23-/m1/s1. The molecule has 9 heteroatoms. The Kier molecular flexibility index (Phi) is 9.12. The number of fused-ring (bicyclic) bond motifs is 1. The van der Waals surface area contributed by atoms with Crippen LogP contribution in [-0.4, -0.2) is 83.3 Å². The topological polar surface area (TPSA) is 102 Å². The van der Waals surface area contributed by atoms with Gasteiger partial charge in [-0.3, -0.25) is 24.2 Å². The number of likely N-dealkylation sites (tertiary alicyclic amines) is 1. The lowest BCUT2D eigenvalue weighted by Crippen LogP contribution is -2.55. The van der Waals surface area contributed by atoms with E-state index in [2.05, 4.69) is 15.5 Å². The van der Waals surface area contributed by atoms with Gasteiger partial charge in [-0.05, 0) is 70.3 Å². The minimum Gasteiger partial charge on any atom is -0.336 e. The third-order valence-corrected chi connectivity index (χ3v) is 6.93. The Morgan fingerprint density at radius 2 is 1.63 bits per heavy atom. The Labute approximate surface area is 224 Å². The number of carbonyl (C=O) groups excluding carboxylic acids is 4. The molecule has 1 atom stereocenters. The van der Waals surface area contributed by atoms with Crippen molar-refractivity contribution in [2.24, 2.45) is 0 Å².